The van der Waals surface area contributed by atoms with Crippen LogP contribution in [0.4, 0.5) is 0 Å². The summed E-state index contributed by atoms with van der Waals surface area (Å²) in [6.45, 7) is 0.443. The molecule has 0 aliphatic heterocycles. The minimum absolute atomic E-state index is 0.0898. The van der Waals surface area contributed by atoms with Gasteiger partial charge in [0.15, 0.2) is 0 Å². The molecule has 0 heterocycles. The Morgan fingerprint density at radius 2 is 1.81 bits per heavy atom. The molecule has 110 valence electrons. The highest BCUT2D eigenvalue weighted by Crippen LogP contribution is 2.24. The topological polar surface area (TPSA) is 20.3 Å². The van der Waals surface area contributed by atoms with Crippen LogP contribution in [-0.4, -0.2) is 17.9 Å². The summed E-state index contributed by atoms with van der Waals surface area (Å²) in [5.74, 6) is -0.0898. The van der Waals surface area contributed by atoms with Crippen LogP contribution in [-0.2, 0) is 6.54 Å². The van der Waals surface area contributed by atoms with Crippen LogP contribution in [0.15, 0.2) is 36.4 Å². The highest BCUT2D eigenvalue weighted by molar-refractivity contribution is 14.1. The number of benzene rings is 2. The molecule has 2 aromatic carbocycles. The molecule has 2 aromatic rings. The molecule has 0 fully saturated rings. The molecule has 0 saturated heterocycles. The predicted octanol–water partition coefficient (Wildman–Crippen LogP) is 5.52. The van der Waals surface area contributed by atoms with Crippen molar-refractivity contribution < 1.29 is 4.79 Å². The van der Waals surface area contributed by atoms with Crippen molar-refractivity contribution in [1.82, 2.24) is 4.90 Å². The summed E-state index contributed by atoms with van der Waals surface area (Å²) in [5.41, 5.74) is 1.50. The maximum Gasteiger partial charge on any atom is 0.255 e. The van der Waals surface area contributed by atoms with E-state index in [4.69, 9.17) is 34.8 Å². The molecule has 0 bridgehead atoms. The van der Waals surface area contributed by atoms with Crippen LogP contribution in [0.2, 0.25) is 15.1 Å². The average Bonchev–Trinajstić information content (AvgIpc) is 2.44. The lowest BCUT2D eigenvalue weighted by atomic mass is 10.1. The molecule has 2 rings (SSSR count). The first-order valence-corrected chi connectivity index (χ1v) is 8.24. The standard InChI is InChI=1S/C15H11Cl3INO/c1-20(8-9-2-4-12(17)13(18)6-9)15(21)11-7-10(16)3-5-14(11)19/h2-7H,8H2,1H3. The molecule has 0 N–H and O–H groups in total. The van der Waals surface area contributed by atoms with Gasteiger partial charge >= 0.3 is 0 Å². The minimum Gasteiger partial charge on any atom is -0.337 e. The smallest absolute Gasteiger partial charge is 0.255 e. The molecule has 0 saturated carbocycles. The number of carbonyl (C=O) groups excluding carboxylic acids is 1. The first-order chi connectivity index (χ1) is 9.88. The zero-order chi connectivity index (χ0) is 15.6. The first kappa shape index (κ1) is 16.9. The van der Waals surface area contributed by atoms with Crippen LogP contribution in [0.5, 0.6) is 0 Å². The van der Waals surface area contributed by atoms with E-state index in [1.807, 2.05) is 12.1 Å². The number of hydrogen-bond donors (Lipinski definition) is 0. The summed E-state index contributed by atoms with van der Waals surface area (Å²) in [4.78, 5) is 14.1. The summed E-state index contributed by atoms with van der Waals surface area (Å²) in [6.07, 6.45) is 0. The minimum atomic E-state index is -0.0898. The predicted molar refractivity (Wildman–Crippen MR) is 96.4 cm³/mol. The van der Waals surface area contributed by atoms with Crippen molar-refractivity contribution in [3.05, 3.63) is 66.2 Å². The van der Waals surface area contributed by atoms with E-state index in [0.29, 0.717) is 27.2 Å². The van der Waals surface area contributed by atoms with Crippen molar-refractivity contribution in [3.8, 4) is 0 Å². The van der Waals surface area contributed by atoms with Crippen molar-refractivity contribution in [2.45, 2.75) is 6.54 Å². The van der Waals surface area contributed by atoms with Crippen LogP contribution < -0.4 is 0 Å². The normalized spacial score (nSPS) is 10.5. The van der Waals surface area contributed by atoms with Crippen LogP contribution in [0, 0.1) is 3.57 Å². The van der Waals surface area contributed by atoms with Gasteiger partial charge in [0.25, 0.3) is 5.91 Å². The van der Waals surface area contributed by atoms with E-state index in [1.165, 1.54) is 0 Å². The fourth-order valence-corrected chi connectivity index (χ4v) is 2.91. The zero-order valence-electron chi connectivity index (χ0n) is 11.0. The van der Waals surface area contributed by atoms with E-state index in [9.17, 15) is 4.79 Å². The third-order valence-electron chi connectivity index (χ3n) is 2.91. The van der Waals surface area contributed by atoms with E-state index in [-0.39, 0.29) is 5.91 Å². The van der Waals surface area contributed by atoms with Gasteiger partial charge in [0, 0.05) is 22.2 Å². The van der Waals surface area contributed by atoms with Crippen molar-refractivity contribution in [2.24, 2.45) is 0 Å². The van der Waals surface area contributed by atoms with Gasteiger partial charge in [0.05, 0.1) is 15.6 Å². The fraction of sp³-hybridized carbons (Fsp3) is 0.133. The molecule has 1 amide bonds. The van der Waals surface area contributed by atoms with Crippen molar-refractivity contribution in [1.29, 1.82) is 0 Å². The molecule has 0 unspecified atom stereocenters. The van der Waals surface area contributed by atoms with Crippen molar-refractivity contribution >= 4 is 63.3 Å². The van der Waals surface area contributed by atoms with Gasteiger partial charge in [-0.1, -0.05) is 40.9 Å². The van der Waals surface area contributed by atoms with Crippen LogP contribution >= 0.6 is 57.4 Å². The van der Waals surface area contributed by atoms with Gasteiger partial charge in [-0.2, -0.15) is 0 Å². The third kappa shape index (κ3) is 4.25. The van der Waals surface area contributed by atoms with Crippen molar-refractivity contribution in [3.63, 3.8) is 0 Å². The van der Waals surface area contributed by atoms with Gasteiger partial charge in [0.1, 0.15) is 0 Å². The number of hydrogen-bond acceptors (Lipinski definition) is 1. The zero-order valence-corrected chi connectivity index (χ0v) is 15.5. The Balaban J connectivity index is 2.19. The monoisotopic (exact) mass is 453 g/mol. The number of carbonyl (C=O) groups is 1. The van der Waals surface area contributed by atoms with Gasteiger partial charge in [-0.25, -0.2) is 0 Å². The lowest BCUT2D eigenvalue weighted by Gasteiger charge is -2.18. The Morgan fingerprint density at radius 3 is 2.48 bits per heavy atom. The van der Waals surface area contributed by atoms with E-state index in [2.05, 4.69) is 22.6 Å². The van der Waals surface area contributed by atoms with E-state index >= 15 is 0 Å². The Morgan fingerprint density at radius 1 is 1.10 bits per heavy atom. The largest absolute Gasteiger partial charge is 0.337 e. The second-order valence-electron chi connectivity index (χ2n) is 4.53. The molecule has 0 spiro atoms. The number of rotatable bonds is 3. The van der Waals surface area contributed by atoms with E-state index in [0.717, 1.165) is 9.13 Å². The summed E-state index contributed by atoms with van der Waals surface area (Å²) in [5, 5.41) is 1.52. The van der Waals surface area contributed by atoms with Crippen LogP contribution in [0.1, 0.15) is 15.9 Å². The summed E-state index contributed by atoms with van der Waals surface area (Å²) in [6, 6.07) is 10.6. The molecule has 0 aliphatic rings. The van der Waals surface area contributed by atoms with E-state index in [1.54, 1.807) is 36.2 Å². The molecule has 0 aliphatic carbocycles. The third-order valence-corrected chi connectivity index (χ3v) is 4.82. The Bertz CT molecular complexity index is 691. The highest BCUT2D eigenvalue weighted by Gasteiger charge is 2.16. The van der Waals surface area contributed by atoms with Crippen molar-refractivity contribution in [2.75, 3.05) is 7.05 Å². The molecule has 6 heteroatoms. The fourth-order valence-electron chi connectivity index (χ4n) is 1.85. The second kappa shape index (κ2) is 7.18. The lowest BCUT2D eigenvalue weighted by Crippen LogP contribution is -2.26. The van der Waals surface area contributed by atoms with Crippen LogP contribution in [0.25, 0.3) is 0 Å². The molecule has 0 radical (unpaired) electrons. The molecular formula is C15H11Cl3INO. The number of halogens is 4. The molecular weight excluding hydrogens is 443 g/mol. The molecule has 21 heavy (non-hydrogen) atoms. The van der Waals surface area contributed by atoms with Gasteiger partial charge in [-0.3, -0.25) is 4.79 Å². The van der Waals surface area contributed by atoms with Gasteiger partial charge in [-0.05, 0) is 58.5 Å². The molecule has 0 aromatic heterocycles. The second-order valence-corrected chi connectivity index (χ2v) is 6.95. The van der Waals surface area contributed by atoms with Gasteiger partial charge in [0.2, 0.25) is 0 Å². The Labute approximate surface area is 152 Å². The Kier molecular flexibility index (Phi) is 5.77. The summed E-state index contributed by atoms with van der Waals surface area (Å²) in [7, 11) is 1.74. The molecule has 2 nitrogen and oxygen atoms in total. The van der Waals surface area contributed by atoms with Crippen LogP contribution in [0.3, 0.4) is 0 Å². The highest BCUT2D eigenvalue weighted by atomic mass is 127. The number of amides is 1. The summed E-state index contributed by atoms with van der Waals surface area (Å²) < 4.78 is 0.864. The first-order valence-electron chi connectivity index (χ1n) is 6.03. The number of nitrogens with zero attached hydrogens (tertiary/aromatic N) is 1. The van der Waals surface area contributed by atoms with Gasteiger partial charge < -0.3 is 4.90 Å². The average molecular weight is 455 g/mol. The van der Waals surface area contributed by atoms with E-state index < -0.39 is 0 Å². The quantitative estimate of drug-likeness (QED) is 0.559. The Hall–Kier alpha value is -0.490. The summed E-state index contributed by atoms with van der Waals surface area (Å²) >= 11 is 20.0. The SMILES string of the molecule is CN(Cc1ccc(Cl)c(Cl)c1)C(=O)c1cc(Cl)ccc1I. The lowest BCUT2D eigenvalue weighted by molar-refractivity contribution is 0.0784. The molecule has 0 atom stereocenters. The maximum atomic E-state index is 12.5. The maximum absolute atomic E-state index is 12.5. The van der Waals surface area contributed by atoms with Gasteiger partial charge in [-0.15, -0.1) is 0 Å².